The lowest BCUT2D eigenvalue weighted by molar-refractivity contribution is 0.396. The van der Waals surface area contributed by atoms with E-state index in [1.54, 1.807) is 0 Å². The third-order valence-corrected chi connectivity index (χ3v) is 8.59. The molecule has 0 unspecified atom stereocenters. The van der Waals surface area contributed by atoms with Crippen molar-refractivity contribution in [3.63, 3.8) is 0 Å². The molecule has 0 saturated heterocycles. The molecule has 6 rings (SSSR count). The summed E-state index contributed by atoms with van der Waals surface area (Å²) in [5, 5.41) is 2.57. The topological polar surface area (TPSA) is 24.3 Å². The molecule has 4 nitrogen and oxygen atoms in total. The van der Waals surface area contributed by atoms with Crippen molar-refractivity contribution in [1.29, 1.82) is 0 Å². The molecule has 0 saturated carbocycles. The van der Waals surface area contributed by atoms with Crippen LogP contribution in [0, 0.1) is 0 Å². The van der Waals surface area contributed by atoms with Gasteiger partial charge in [0.1, 0.15) is 0 Å². The van der Waals surface area contributed by atoms with Crippen molar-refractivity contribution in [2.45, 2.75) is 57.8 Å². The molecule has 0 spiro atoms. The van der Waals surface area contributed by atoms with Gasteiger partial charge in [0.25, 0.3) is 0 Å². The van der Waals surface area contributed by atoms with E-state index in [1.807, 2.05) is 12.3 Å². The highest BCUT2D eigenvalue weighted by atomic mass is 15.3. The van der Waals surface area contributed by atoms with Gasteiger partial charge in [0.05, 0.1) is 23.4 Å². The van der Waals surface area contributed by atoms with Crippen molar-refractivity contribution < 1.29 is 0 Å². The van der Waals surface area contributed by atoms with E-state index in [-0.39, 0.29) is 5.41 Å². The minimum atomic E-state index is -0.0991. The number of nitrogens with zero attached hydrogens (tertiary/aromatic N) is 4. The second-order valence-corrected chi connectivity index (χ2v) is 11.3. The fourth-order valence-corrected chi connectivity index (χ4v) is 6.48. The fraction of sp³-hybridized carbons (Fsp3) is 0.306. The number of hydrogen-bond donors (Lipinski definition) is 0. The van der Waals surface area contributed by atoms with E-state index in [0.29, 0.717) is 0 Å². The highest BCUT2D eigenvalue weighted by molar-refractivity contribution is 6.10. The van der Waals surface area contributed by atoms with E-state index < -0.39 is 0 Å². The van der Waals surface area contributed by atoms with Gasteiger partial charge in [-0.2, -0.15) is 0 Å². The largest absolute Gasteiger partial charge is 0.361 e. The first kappa shape index (κ1) is 26.2. The van der Waals surface area contributed by atoms with Crippen LogP contribution in [0.15, 0.2) is 104 Å². The van der Waals surface area contributed by atoms with Crippen LogP contribution < -0.4 is 4.90 Å². The SMILES string of the molecule is CCCCC(CCCC)(c1cccc(-n2c3ccccc3c3ccc(N4C=CN(C)C4)cc32)c1)c1ccccn1. The predicted octanol–water partition coefficient (Wildman–Crippen LogP) is 9.03. The highest BCUT2D eigenvalue weighted by Crippen LogP contribution is 2.42. The number of hydrogen-bond acceptors (Lipinski definition) is 3. The van der Waals surface area contributed by atoms with Gasteiger partial charge in [-0.25, -0.2) is 0 Å². The van der Waals surface area contributed by atoms with Crippen molar-refractivity contribution in [2.75, 3.05) is 18.6 Å². The predicted molar refractivity (Wildman–Crippen MR) is 169 cm³/mol. The van der Waals surface area contributed by atoms with Gasteiger partial charge < -0.3 is 14.4 Å². The molecular formula is C36H40N4. The molecule has 2 aromatic heterocycles. The molecule has 0 amide bonds. The number of anilines is 1. The Morgan fingerprint density at radius 2 is 1.50 bits per heavy atom. The summed E-state index contributed by atoms with van der Waals surface area (Å²) in [6, 6.07) is 31.4. The Kier molecular flexibility index (Phi) is 7.34. The molecule has 3 aromatic carbocycles. The quantitative estimate of drug-likeness (QED) is 0.181. The van der Waals surface area contributed by atoms with E-state index in [9.17, 15) is 0 Å². The third-order valence-electron chi connectivity index (χ3n) is 8.59. The van der Waals surface area contributed by atoms with Crippen molar-refractivity contribution in [2.24, 2.45) is 0 Å². The summed E-state index contributed by atoms with van der Waals surface area (Å²) in [5.74, 6) is 0. The Morgan fingerprint density at radius 3 is 2.23 bits per heavy atom. The van der Waals surface area contributed by atoms with Gasteiger partial charge in [-0.05, 0) is 60.9 Å². The summed E-state index contributed by atoms with van der Waals surface area (Å²) in [5.41, 5.74) is 7.37. The number of para-hydroxylation sites is 1. The first-order valence-electron chi connectivity index (χ1n) is 14.9. The van der Waals surface area contributed by atoms with Crippen molar-refractivity contribution in [1.82, 2.24) is 14.5 Å². The standard InChI is InChI=1S/C36H40N4/c1-4-6-20-36(21-7-5-2,35-17-10-11-22-37-35)28-13-12-14-30(25-28)40-33-16-9-8-15-31(33)32-19-18-29(26-34(32)40)39-24-23-38(3)27-39/h8-19,22-26H,4-7,20-21,27H2,1-3H3. The van der Waals surface area contributed by atoms with Gasteiger partial charge in [-0.1, -0.05) is 82.0 Å². The summed E-state index contributed by atoms with van der Waals surface area (Å²) in [6.07, 6.45) is 13.2. The molecule has 40 heavy (non-hydrogen) atoms. The van der Waals surface area contributed by atoms with Crippen LogP contribution in [0.25, 0.3) is 27.5 Å². The summed E-state index contributed by atoms with van der Waals surface area (Å²) in [6.45, 7) is 5.45. The molecule has 204 valence electrons. The van der Waals surface area contributed by atoms with E-state index in [1.165, 1.54) is 70.1 Å². The Labute approximate surface area is 238 Å². The molecule has 0 fully saturated rings. The van der Waals surface area contributed by atoms with Gasteiger partial charge >= 0.3 is 0 Å². The third kappa shape index (κ3) is 4.66. The van der Waals surface area contributed by atoms with Crippen LogP contribution in [0.3, 0.4) is 0 Å². The van der Waals surface area contributed by atoms with Crippen LogP contribution in [0.4, 0.5) is 5.69 Å². The molecule has 0 aliphatic carbocycles. The molecule has 0 bridgehead atoms. The minimum absolute atomic E-state index is 0.0991. The fourth-order valence-electron chi connectivity index (χ4n) is 6.48. The average molecular weight is 529 g/mol. The maximum Gasteiger partial charge on any atom is 0.0938 e. The first-order chi connectivity index (χ1) is 19.6. The van der Waals surface area contributed by atoms with Gasteiger partial charge in [0.2, 0.25) is 0 Å². The van der Waals surface area contributed by atoms with E-state index in [4.69, 9.17) is 4.98 Å². The van der Waals surface area contributed by atoms with E-state index in [0.717, 1.165) is 19.5 Å². The van der Waals surface area contributed by atoms with Crippen LogP contribution in [-0.4, -0.2) is 28.2 Å². The summed E-state index contributed by atoms with van der Waals surface area (Å²) < 4.78 is 2.46. The van der Waals surface area contributed by atoms with Crippen LogP contribution in [0.5, 0.6) is 0 Å². The maximum atomic E-state index is 4.96. The summed E-state index contributed by atoms with van der Waals surface area (Å²) in [7, 11) is 2.11. The molecule has 0 atom stereocenters. The second kappa shape index (κ2) is 11.2. The van der Waals surface area contributed by atoms with Crippen LogP contribution in [0.1, 0.15) is 63.6 Å². The summed E-state index contributed by atoms with van der Waals surface area (Å²) >= 11 is 0. The zero-order valence-electron chi connectivity index (χ0n) is 24.1. The van der Waals surface area contributed by atoms with E-state index in [2.05, 4.69) is 127 Å². The van der Waals surface area contributed by atoms with Crippen molar-refractivity contribution in [3.8, 4) is 5.69 Å². The lowest BCUT2D eigenvalue weighted by Crippen LogP contribution is -2.29. The molecule has 4 heteroatoms. The molecule has 1 aliphatic rings. The van der Waals surface area contributed by atoms with Gasteiger partial charge in [0.15, 0.2) is 0 Å². The molecular weight excluding hydrogens is 488 g/mol. The number of unbranched alkanes of at least 4 members (excludes halogenated alkanes) is 2. The van der Waals surface area contributed by atoms with Gasteiger partial charge in [-0.3, -0.25) is 4.98 Å². The Bertz CT molecular complexity index is 1620. The lowest BCUT2D eigenvalue weighted by Gasteiger charge is -2.35. The monoisotopic (exact) mass is 528 g/mol. The smallest absolute Gasteiger partial charge is 0.0938 e. The number of aromatic nitrogens is 2. The molecule has 0 N–H and O–H groups in total. The molecule has 0 radical (unpaired) electrons. The minimum Gasteiger partial charge on any atom is -0.361 e. The number of fused-ring (bicyclic) bond motifs is 3. The molecule has 5 aromatic rings. The van der Waals surface area contributed by atoms with Crippen LogP contribution >= 0.6 is 0 Å². The highest BCUT2D eigenvalue weighted by Gasteiger charge is 2.35. The Morgan fingerprint density at radius 1 is 0.725 bits per heavy atom. The van der Waals surface area contributed by atoms with Crippen LogP contribution in [0.2, 0.25) is 0 Å². The normalized spacial score (nSPS) is 13.7. The van der Waals surface area contributed by atoms with E-state index >= 15 is 0 Å². The average Bonchev–Trinajstić information content (AvgIpc) is 3.59. The first-order valence-corrected chi connectivity index (χ1v) is 14.9. The number of pyridine rings is 1. The number of rotatable bonds is 10. The molecule has 3 heterocycles. The van der Waals surface area contributed by atoms with Gasteiger partial charge in [-0.15, -0.1) is 0 Å². The Balaban J connectivity index is 1.55. The zero-order valence-corrected chi connectivity index (χ0v) is 24.1. The van der Waals surface area contributed by atoms with Crippen molar-refractivity contribution >= 4 is 27.5 Å². The van der Waals surface area contributed by atoms with Crippen LogP contribution in [-0.2, 0) is 5.41 Å². The molecule has 1 aliphatic heterocycles. The lowest BCUT2D eigenvalue weighted by atomic mass is 9.70. The van der Waals surface area contributed by atoms with Crippen molar-refractivity contribution in [3.05, 3.63) is 115 Å². The second-order valence-electron chi connectivity index (χ2n) is 11.3. The number of benzene rings is 3. The van der Waals surface area contributed by atoms with Gasteiger partial charge in [0, 0.05) is 53.2 Å². The zero-order chi connectivity index (χ0) is 27.5. The summed E-state index contributed by atoms with van der Waals surface area (Å²) in [4.78, 5) is 9.47. The Hall–Kier alpha value is -4.05. The maximum absolute atomic E-state index is 4.96.